The fourth-order valence-electron chi connectivity index (χ4n) is 1.37. The first-order chi connectivity index (χ1) is 9.86. The molecule has 1 aromatic heterocycles. The normalized spacial score (nSPS) is 11.1. The molecular formula is C12H17F3N4O2. The van der Waals surface area contributed by atoms with E-state index in [1.807, 2.05) is 6.92 Å². The number of aromatic nitrogens is 2. The highest BCUT2D eigenvalue weighted by Crippen LogP contribution is 2.29. The lowest BCUT2D eigenvalue weighted by atomic mass is 10.3. The maximum Gasteiger partial charge on any atom is 0.433 e. The number of ether oxygens (including phenoxy) is 1. The van der Waals surface area contributed by atoms with E-state index in [9.17, 15) is 18.0 Å². The Balaban J connectivity index is 2.88. The molecule has 1 rings (SSSR count). The van der Waals surface area contributed by atoms with Crippen LogP contribution in [0.4, 0.5) is 24.9 Å². The summed E-state index contributed by atoms with van der Waals surface area (Å²) in [5.41, 5.74) is -1.08. The van der Waals surface area contributed by atoms with Gasteiger partial charge in [-0.25, -0.2) is 4.98 Å². The Bertz CT molecular complexity index is 480. The molecule has 0 radical (unpaired) electrons. The Morgan fingerprint density at radius 3 is 2.57 bits per heavy atom. The van der Waals surface area contributed by atoms with Gasteiger partial charge in [0.15, 0.2) is 5.69 Å². The summed E-state index contributed by atoms with van der Waals surface area (Å²) in [6.45, 7) is 3.87. The molecule has 0 aliphatic heterocycles. The molecule has 21 heavy (non-hydrogen) atoms. The molecule has 0 bridgehead atoms. The fraction of sp³-hybridized carbons (Fsp3) is 0.583. The SMILES string of the molecule is CCCNc1nc(NCC(=O)OCC)cc(C(F)(F)F)n1. The molecule has 0 saturated carbocycles. The Kier molecular flexibility index (Phi) is 6.19. The van der Waals surface area contributed by atoms with E-state index in [1.54, 1.807) is 6.92 Å². The summed E-state index contributed by atoms with van der Waals surface area (Å²) in [5, 5.41) is 5.17. The van der Waals surface area contributed by atoms with E-state index >= 15 is 0 Å². The van der Waals surface area contributed by atoms with Crippen LogP contribution in [-0.2, 0) is 15.7 Å². The van der Waals surface area contributed by atoms with E-state index in [2.05, 4.69) is 25.3 Å². The van der Waals surface area contributed by atoms with Gasteiger partial charge in [-0.15, -0.1) is 0 Å². The van der Waals surface area contributed by atoms with E-state index < -0.39 is 17.8 Å². The third-order valence-electron chi connectivity index (χ3n) is 2.27. The second kappa shape index (κ2) is 7.65. The standard InChI is InChI=1S/C12H17F3N4O2/c1-3-5-16-11-18-8(12(13,14)15)6-9(19-11)17-7-10(20)21-4-2/h6H,3-5,7H2,1-2H3,(H2,16,17,18,19). The van der Waals surface area contributed by atoms with Crippen LogP contribution in [0.3, 0.4) is 0 Å². The number of hydrogen-bond donors (Lipinski definition) is 2. The zero-order chi connectivity index (χ0) is 15.9. The number of nitrogens with one attached hydrogen (secondary N) is 2. The van der Waals surface area contributed by atoms with Gasteiger partial charge in [-0.1, -0.05) is 6.92 Å². The van der Waals surface area contributed by atoms with Crippen molar-refractivity contribution in [3.05, 3.63) is 11.8 Å². The van der Waals surface area contributed by atoms with Crippen LogP contribution in [0.15, 0.2) is 6.07 Å². The summed E-state index contributed by atoms with van der Waals surface area (Å²) in [6, 6.07) is 0.746. The van der Waals surface area contributed by atoms with Crippen molar-refractivity contribution in [2.45, 2.75) is 26.4 Å². The molecule has 0 fully saturated rings. The number of halogens is 3. The smallest absolute Gasteiger partial charge is 0.433 e. The molecule has 6 nitrogen and oxygen atoms in total. The number of nitrogens with zero attached hydrogens (tertiary/aromatic N) is 2. The average Bonchev–Trinajstić information content (AvgIpc) is 2.42. The number of alkyl halides is 3. The molecule has 0 saturated heterocycles. The lowest BCUT2D eigenvalue weighted by Crippen LogP contribution is -2.19. The molecule has 0 atom stereocenters. The monoisotopic (exact) mass is 306 g/mol. The lowest BCUT2D eigenvalue weighted by Gasteiger charge is -2.12. The van der Waals surface area contributed by atoms with Gasteiger partial charge in [0.25, 0.3) is 0 Å². The van der Waals surface area contributed by atoms with Gasteiger partial charge < -0.3 is 15.4 Å². The zero-order valence-corrected chi connectivity index (χ0v) is 11.8. The first kappa shape index (κ1) is 17.0. The van der Waals surface area contributed by atoms with E-state index in [-0.39, 0.29) is 24.9 Å². The molecule has 0 aliphatic rings. The molecule has 2 N–H and O–H groups in total. The van der Waals surface area contributed by atoms with Gasteiger partial charge in [-0.3, -0.25) is 4.79 Å². The molecule has 118 valence electrons. The summed E-state index contributed by atoms with van der Waals surface area (Å²) in [4.78, 5) is 18.5. The Hall–Kier alpha value is -2.06. The van der Waals surface area contributed by atoms with Crippen LogP contribution in [0.1, 0.15) is 26.0 Å². The summed E-state index contributed by atoms with van der Waals surface area (Å²) in [5.74, 6) is -0.810. The van der Waals surface area contributed by atoms with Crippen molar-refractivity contribution in [2.24, 2.45) is 0 Å². The quantitative estimate of drug-likeness (QED) is 0.753. The first-order valence-corrected chi connectivity index (χ1v) is 6.46. The topological polar surface area (TPSA) is 76.1 Å². The van der Waals surface area contributed by atoms with Gasteiger partial charge in [0.1, 0.15) is 12.4 Å². The minimum Gasteiger partial charge on any atom is -0.465 e. The predicted molar refractivity (Wildman–Crippen MR) is 70.9 cm³/mol. The third-order valence-corrected chi connectivity index (χ3v) is 2.27. The molecule has 0 amide bonds. The second-order valence-electron chi connectivity index (χ2n) is 4.05. The lowest BCUT2D eigenvalue weighted by molar-refractivity contribution is -0.141. The number of carbonyl (C=O) groups excluding carboxylic acids is 1. The van der Waals surface area contributed by atoms with Crippen molar-refractivity contribution >= 4 is 17.7 Å². The minimum atomic E-state index is -4.59. The van der Waals surface area contributed by atoms with Crippen LogP contribution in [0.5, 0.6) is 0 Å². The van der Waals surface area contributed by atoms with Crippen LogP contribution in [0.25, 0.3) is 0 Å². The summed E-state index contributed by atoms with van der Waals surface area (Å²) in [6.07, 6.45) is -3.88. The van der Waals surface area contributed by atoms with Crippen molar-refractivity contribution in [3.8, 4) is 0 Å². The highest BCUT2D eigenvalue weighted by atomic mass is 19.4. The average molecular weight is 306 g/mol. The molecule has 0 unspecified atom stereocenters. The number of hydrogen-bond acceptors (Lipinski definition) is 6. The molecular weight excluding hydrogens is 289 g/mol. The van der Waals surface area contributed by atoms with Crippen molar-refractivity contribution in [1.82, 2.24) is 9.97 Å². The van der Waals surface area contributed by atoms with Crippen LogP contribution < -0.4 is 10.6 Å². The molecule has 0 spiro atoms. The van der Waals surface area contributed by atoms with Crippen LogP contribution >= 0.6 is 0 Å². The summed E-state index contributed by atoms with van der Waals surface area (Å²) >= 11 is 0. The largest absolute Gasteiger partial charge is 0.465 e. The van der Waals surface area contributed by atoms with E-state index in [1.165, 1.54) is 0 Å². The molecule has 1 heterocycles. The maximum atomic E-state index is 12.8. The second-order valence-corrected chi connectivity index (χ2v) is 4.05. The van der Waals surface area contributed by atoms with Gasteiger partial charge in [0, 0.05) is 12.6 Å². The number of esters is 1. The van der Waals surface area contributed by atoms with Crippen molar-refractivity contribution < 1.29 is 22.7 Å². The summed E-state index contributed by atoms with van der Waals surface area (Å²) in [7, 11) is 0. The minimum absolute atomic E-state index is 0.0935. The highest BCUT2D eigenvalue weighted by Gasteiger charge is 2.33. The predicted octanol–water partition coefficient (Wildman–Crippen LogP) is 2.29. The van der Waals surface area contributed by atoms with Gasteiger partial charge in [-0.05, 0) is 13.3 Å². The number of carbonyl (C=O) groups is 1. The Morgan fingerprint density at radius 2 is 2.00 bits per heavy atom. The maximum absolute atomic E-state index is 12.8. The Morgan fingerprint density at radius 1 is 1.29 bits per heavy atom. The van der Waals surface area contributed by atoms with Gasteiger partial charge in [0.2, 0.25) is 5.95 Å². The molecule has 9 heteroatoms. The van der Waals surface area contributed by atoms with Gasteiger partial charge in [-0.2, -0.15) is 18.2 Å². The van der Waals surface area contributed by atoms with Crippen molar-refractivity contribution in [3.63, 3.8) is 0 Å². The molecule has 1 aromatic rings. The van der Waals surface area contributed by atoms with Gasteiger partial charge >= 0.3 is 12.1 Å². The fourth-order valence-corrected chi connectivity index (χ4v) is 1.37. The van der Waals surface area contributed by atoms with Gasteiger partial charge in [0.05, 0.1) is 6.61 Å². The third kappa shape index (κ3) is 5.84. The zero-order valence-electron chi connectivity index (χ0n) is 11.8. The number of rotatable bonds is 7. The molecule has 0 aromatic carbocycles. The van der Waals surface area contributed by atoms with Crippen LogP contribution in [0.2, 0.25) is 0 Å². The highest BCUT2D eigenvalue weighted by molar-refractivity contribution is 5.74. The number of anilines is 2. The molecule has 0 aliphatic carbocycles. The van der Waals surface area contributed by atoms with Crippen LogP contribution in [0, 0.1) is 0 Å². The van der Waals surface area contributed by atoms with E-state index in [4.69, 9.17) is 0 Å². The van der Waals surface area contributed by atoms with Crippen molar-refractivity contribution in [2.75, 3.05) is 30.3 Å². The van der Waals surface area contributed by atoms with Crippen molar-refractivity contribution in [1.29, 1.82) is 0 Å². The first-order valence-electron chi connectivity index (χ1n) is 6.46. The Labute approximate surface area is 120 Å². The van der Waals surface area contributed by atoms with E-state index in [0.29, 0.717) is 13.0 Å². The van der Waals surface area contributed by atoms with E-state index in [0.717, 1.165) is 6.07 Å². The van der Waals surface area contributed by atoms with Crippen LogP contribution in [-0.4, -0.2) is 35.6 Å². The summed E-state index contributed by atoms with van der Waals surface area (Å²) < 4.78 is 42.9.